The van der Waals surface area contributed by atoms with Crippen LogP contribution < -0.4 is 0 Å². The van der Waals surface area contributed by atoms with E-state index in [1.54, 1.807) is 11.3 Å². The van der Waals surface area contributed by atoms with Crippen molar-refractivity contribution in [1.29, 1.82) is 0 Å². The number of hydrogen-bond acceptors (Lipinski definition) is 2. The molecule has 1 aromatic rings. The van der Waals surface area contributed by atoms with Crippen LogP contribution in [0, 0.1) is 0 Å². The van der Waals surface area contributed by atoms with Crippen molar-refractivity contribution in [2.45, 2.75) is 49.6 Å². The normalized spacial score (nSPS) is 34.4. The lowest BCUT2D eigenvalue weighted by Crippen LogP contribution is -2.44. The van der Waals surface area contributed by atoms with E-state index in [2.05, 4.69) is 21.7 Å². The number of fused-ring (bicyclic) bond motifs is 2. The summed E-state index contributed by atoms with van der Waals surface area (Å²) in [6, 6.07) is 3.81. The molecule has 88 valence electrons. The molecule has 0 aromatic carbocycles. The molecule has 2 aliphatic heterocycles. The maximum Gasteiger partial charge on any atom is 0.0365 e. The summed E-state index contributed by atoms with van der Waals surface area (Å²) in [5.41, 5.74) is 1.50. The molecule has 0 saturated carbocycles. The van der Waals surface area contributed by atoms with E-state index in [0.29, 0.717) is 5.38 Å². The van der Waals surface area contributed by atoms with Crippen molar-refractivity contribution < 1.29 is 0 Å². The molecule has 1 aromatic heterocycles. The third-order valence-electron chi connectivity index (χ3n) is 4.07. The third-order valence-corrected chi connectivity index (χ3v) is 5.15. The first-order chi connectivity index (χ1) is 7.83. The zero-order valence-electron chi connectivity index (χ0n) is 9.44. The molecule has 0 aliphatic carbocycles. The first-order valence-corrected chi connectivity index (χ1v) is 7.62. The van der Waals surface area contributed by atoms with Crippen LogP contribution in [0.5, 0.6) is 0 Å². The minimum absolute atomic E-state index is 0.440. The summed E-state index contributed by atoms with van der Waals surface area (Å²) >= 11 is 8.09. The van der Waals surface area contributed by atoms with Crippen LogP contribution in [0.1, 0.15) is 31.2 Å². The largest absolute Gasteiger partial charge is 0.297 e. The lowest BCUT2D eigenvalue weighted by molar-refractivity contribution is 0.145. The first-order valence-electron chi connectivity index (χ1n) is 6.24. The minimum atomic E-state index is 0.440. The maximum atomic E-state index is 6.29. The number of halogens is 1. The smallest absolute Gasteiger partial charge is 0.0365 e. The van der Waals surface area contributed by atoms with Crippen LogP contribution in [-0.4, -0.2) is 28.9 Å². The molecule has 2 atom stereocenters. The summed E-state index contributed by atoms with van der Waals surface area (Å²) in [7, 11) is 0. The van der Waals surface area contributed by atoms with E-state index < -0.39 is 0 Å². The second kappa shape index (κ2) is 4.67. The van der Waals surface area contributed by atoms with Gasteiger partial charge in [0, 0.05) is 24.0 Å². The molecule has 1 nitrogen and oxygen atoms in total. The predicted molar refractivity (Wildman–Crippen MR) is 70.4 cm³/mol. The SMILES string of the molecule is ClC1CC2CCC(C1)N2CCc1ccsc1. The molecule has 3 rings (SSSR count). The Morgan fingerprint density at radius 2 is 2.06 bits per heavy atom. The highest BCUT2D eigenvalue weighted by atomic mass is 35.5. The van der Waals surface area contributed by atoms with Crippen LogP contribution in [0.15, 0.2) is 16.8 Å². The van der Waals surface area contributed by atoms with Crippen molar-refractivity contribution in [3.63, 3.8) is 0 Å². The Balaban J connectivity index is 1.59. The number of alkyl halides is 1. The Morgan fingerprint density at radius 3 is 2.69 bits per heavy atom. The minimum Gasteiger partial charge on any atom is -0.297 e. The number of rotatable bonds is 3. The van der Waals surface area contributed by atoms with Crippen LogP contribution in [0.3, 0.4) is 0 Å². The van der Waals surface area contributed by atoms with Gasteiger partial charge in [0.25, 0.3) is 0 Å². The van der Waals surface area contributed by atoms with Gasteiger partial charge in [-0.2, -0.15) is 11.3 Å². The Morgan fingerprint density at radius 1 is 1.31 bits per heavy atom. The van der Waals surface area contributed by atoms with Crippen LogP contribution in [0.25, 0.3) is 0 Å². The zero-order valence-corrected chi connectivity index (χ0v) is 11.0. The fourth-order valence-corrected chi connectivity index (χ4v) is 4.38. The van der Waals surface area contributed by atoms with E-state index in [9.17, 15) is 0 Å². The molecule has 2 unspecified atom stereocenters. The summed E-state index contributed by atoms with van der Waals surface area (Å²) < 4.78 is 0. The Kier molecular flexibility index (Phi) is 3.23. The van der Waals surface area contributed by atoms with Crippen LogP contribution in [-0.2, 0) is 6.42 Å². The lowest BCUT2D eigenvalue weighted by atomic mass is 10.0. The van der Waals surface area contributed by atoms with Gasteiger partial charge in [0.2, 0.25) is 0 Å². The standard InChI is InChI=1S/C13H18ClNS/c14-11-7-12-1-2-13(8-11)15(12)5-3-10-4-6-16-9-10/h4,6,9,11-13H,1-3,5,7-8H2. The monoisotopic (exact) mass is 255 g/mol. The van der Waals surface area contributed by atoms with Crippen LogP contribution in [0.4, 0.5) is 0 Å². The number of piperidine rings is 1. The molecule has 0 amide bonds. The average molecular weight is 256 g/mol. The van der Waals surface area contributed by atoms with Crippen molar-refractivity contribution in [2.24, 2.45) is 0 Å². The maximum absolute atomic E-state index is 6.29. The molecule has 2 saturated heterocycles. The van der Waals surface area contributed by atoms with Gasteiger partial charge < -0.3 is 0 Å². The topological polar surface area (TPSA) is 3.24 Å². The molecule has 0 radical (unpaired) electrons. The summed E-state index contributed by atoms with van der Waals surface area (Å²) in [4.78, 5) is 2.72. The van der Waals surface area contributed by atoms with E-state index in [1.165, 1.54) is 44.2 Å². The second-order valence-electron chi connectivity index (χ2n) is 5.07. The average Bonchev–Trinajstić information content (AvgIpc) is 2.83. The van der Waals surface area contributed by atoms with Gasteiger partial charge in [0.1, 0.15) is 0 Å². The number of nitrogens with zero attached hydrogens (tertiary/aromatic N) is 1. The predicted octanol–water partition coefficient (Wildman–Crippen LogP) is 3.52. The van der Waals surface area contributed by atoms with Crippen molar-refractivity contribution in [3.8, 4) is 0 Å². The fraction of sp³-hybridized carbons (Fsp3) is 0.692. The Bertz CT molecular complexity index is 324. The molecule has 16 heavy (non-hydrogen) atoms. The van der Waals surface area contributed by atoms with Gasteiger partial charge in [-0.1, -0.05) is 0 Å². The summed E-state index contributed by atoms with van der Waals surface area (Å²) in [6.07, 6.45) is 6.38. The molecule has 2 aliphatic rings. The van der Waals surface area contributed by atoms with Crippen molar-refractivity contribution in [3.05, 3.63) is 22.4 Å². The molecular weight excluding hydrogens is 238 g/mol. The van der Waals surface area contributed by atoms with E-state index in [1.807, 2.05) is 0 Å². The zero-order chi connectivity index (χ0) is 11.0. The van der Waals surface area contributed by atoms with E-state index in [4.69, 9.17) is 11.6 Å². The highest BCUT2D eigenvalue weighted by molar-refractivity contribution is 7.07. The van der Waals surface area contributed by atoms with Crippen LogP contribution >= 0.6 is 22.9 Å². The molecule has 0 N–H and O–H groups in total. The third kappa shape index (κ3) is 2.15. The van der Waals surface area contributed by atoms with Crippen LogP contribution in [0.2, 0.25) is 0 Å². The molecule has 0 spiro atoms. The molecule has 3 heterocycles. The van der Waals surface area contributed by atoms with Gasteiger partial charge in [-0.15, -0.1) is 11.6 Å². The molecule has 2 fully saturated rings. The number of thiophene rings is 1. The quantitative estimate of drug-likeness (QED) is 0.747. The molecule has 2 bridgehead atoms. The van der Waals surface area contributed by atoms with E-state index in [-0.39, 0.29) is 0 Å². The van der Waals surface area contributed by atoms with Gasteiger partial charge in [-0.05, 0) is 54.5 Å². The Hall–Kier alpha value is -0.0500. The molecule has 3 heteroatoms. The van der Waals surface area contributed by atoms with Gasteiger partial charge in [0.15, 0.2) is 0 Å². The summed E-state index contributed by atoms with van der Waals surface area (Å²) in [5, 5.41) is 4.89. The van der Waals surface area contributed by atoms with Gasteiger partial charge in [-0.3, -0.25) is 4.90 Å². The van der Waals surface area contributed by atoms with Gasteiger partial charge in [0.05, 0.1) is 0 Å². The van der Waals surface area contributed by atoms with Crippen molar-refractivity contribution in [1.82, 2.24) is 4.90 Å². The molecular formula is C13H18ClNS. The highest BCUT2D eigenvalue weighted by Gasteiger charge is 2.39. The highest BCUT2D eigenvalue weighted by Crippen LogP contribution is 2.37. The Labute approximate surface area is 106 Å². The summed E-state index contributed by atoms with van der Waals surface area (Å²) in [5.74, 6) is 0. The lowest BCUT2D eigenvalue weighted by Gasteiger charge is -2.36. The van der Waals surface area contributed by atoms with Crippen molar-refractivity contribution >= 4 is 22.9 Å². The van der Waals surface area contributed by atoms with Gasteiger partial charge >= 0.3 is 0 Å². The number of hydrogen-bond donors (Lipinski definition) is 0. The summed E-state index contributed by atoms with van der Waals surface area (Å²) in [6.45, 7) is 1.23. The van der Waals surface area contributed by atoms with Crippen molar-refractivity contribution in [2.75, 3.05) is 6.54 Å². The van der Waals surface area contributed by atoms with Gasteiger partial charge in [-0.25, -0.2) is 0 Å². The fourth-order valence-electron chi connectivity index (χ4n) is 3.27. The first kappa shape index (κ1) is 11.1. The van der Waals surface area contributed by atoms with E-state index >= 15 is 0 Å². The second-order valence-corrected chi connectivity index (χ2v) is 6.47. The van der Waals surface area contributed by atoms with E-state index in [0.717, 1.165) is 12.1 Å².